The molecule has 0 aromatic carbocycles. The van der Waals surface area contributed by atoms with Gasteiger partial charge in [-0.05, 0) is 13.8 Å². The van der Waals surface area contributed by atoms with Gasteiger partial charge in [0.25, 0.3) is 0 Å². The highest BCUT2D eigenvalue weighted by Crippen LogP contribution is 2.43. The van der Waals surface area contributed by atoms with E-state index in [4.69, 9.17) is 15.6 Å². The van der Waals surface area contributed by atoms with Crippen LogP contribution in [0.4, 0.5) is 21.2 Å². The maximum atomic E-state index is 11.5. The summed E-state index contributed by atoms with van der Waals surface area (Å²) in [6.07, 6.45) is -2.94. The number of aryl methyl sites for hydroxylation is 1. The molecule has 11 nitrogen and oxygen atoms in total. The molecule has 1 aromatic heterocycles. The molecule has 2 heterocycles. The number of carboxylic acid groups (broad SMARTS) is 1. The number of rotatable bonds is 3. The molecule has 0 fully saturated rings. The number of fused-ring (bicyclic) bond motifs is 1. The summed E-state index contributed by atoms with van der Waals surface area (Å²) in [5.74, 6) is -2.57. The van der Waals surface area contributed by atoms with Crippen LogP contribution >= 0.6 is 0 Å². The van der Waals surface area contributed by atoms with Crippen molar-refractivity contribution < 1.29 is 28.9 Å². The van der Waals surface area contributed by atoms with Gasteiger partial charge in [0.2, 0.25) is 5.95 Å². The first-order chi connectivity index (χ1) is 9.88. The second-order valence-corrected chi connectivity index (χ2v) is 3.80. The van der Waals surface area contributed by atoms with E-state index >= 15 is 0 Å². The second kappa shape index (κ2) is 5.19. The quantitative estimate of drug-likeness (QED) is 0.621. The number of azo groups is 1. The Hall–Kier alpha value is -2.98. The van der Waals surface area contributed by atoms with Crippen molar-refractivity contribution in [3.8, 4) is 0 Å². The molecule has 2 rings (SSSR count). The zero-order valence-electron chi connectivity index (χ0n) is 11.1. The standard InChI is InChI=1S/C10H11N5O6/c1-3-19-9(18)21-10(20-8(16)17)6-5(14-15-10)4(2)12-7(11)13-6/h3H2,1-2H3,(H,16,17)(H2,11,12,13). The number of hydrogen-bond donors (Lipinski definition) is 2. The molecule has 0 amide bonds. The number of carbonyl (C=O) groups is 2. The third-order valence-corrected chi connectivity index (χ3v) is 2.37. The Morgan fingerprint density at radius 1 is 1.33 bits per heavy atom. The molecule has 1 aliphatic rings. The summed E-state index contributed by atoms with van der Waals surface area (Å²) in [4.78, 5) is 30.0. The highest BCUT2D eigenvalue weighted by atomic mass is 16.8. The lowest BCUT2D eigenvalue weighted by Crippen LogP contribution is -2.35. The SMILES string of the molecule is CCOC(=O)OC1(OC(=O)O)N=Nc2c(C)nc(N)nc21. The Morgan fingerprint density at radius 3 is 2.67 bits per heavy atom. The van der Waals surface area contributed by atoms with E-state index in [1.54, 1.807) is 13.8 Å². The lowest BCUT2D eigenvalue weighted by atomic mass is 10.2. The Kier molecular flexibility index (Phi) is 3.56. The lowest BCUT2D eigenvalue weighted by Gasteiger charge is -2.22. The summed E-state index contributed by atoms with van der Waals surface area (Å²) >= 11 is 0. The van der Waals surface area contributed by atoms with Crippen molar-refractivity contribution >= 4 is 23.9 Å². The van der Waals surface area contributed by atoms with Gasteiger partial charge in [-0.2, -0.15) is 0 Å². The number of nitrogen functional groups attached to an aromatic ring is 1. The smallest absolute Gasteiger partial charge is 0.450 e. The van der Waals surface area contributed by atoms with Crippen molar-refractivity contribution in [2.45, 2.75) is 19.8 Å². The lowest BCUT2D eigenvalue weighted by molar-refractivity contribution is -0.190. The zero-order chi connectivity index (χ0) is 15.6. The Bertz CT molecular complexity index is 633. The summed E-state index contributed by atoms with van der Waals surface area (Å²) in [5.41, 5.74) is 5.73. The minimum absolute atomic E-state index is 0.0108. The van der Waals surface area contributed by atoms with E-state index in [1.165, 1.54) is 0 Å². The summed E-state index contributed by atoms with van der Waals surface area (Å²) in [6, 6.07) is 0. The van der Waals surface area contributed by atoms with Gasteiger partial charge in [-0.25, -0.2) is 19.6 Å². The molecular formula is C10H11N5O6. The van der Waals surface area contributed by atoms with Crippen molar-refractivity contribution in [1.29, 1.82) is 0 Å². The molecule has 0 aliphatic carbocycles. The van der Waals surface area contributed by atoms with Crippen LogP contribution in [0.3, 0.4) is 0 Å². The normalized spacial score (nSPS) is 19.0. The minimum Gasteiger partial charge on any atom is -0.450 e. The minimum atomic E-state index is -2.39. The molecule has 1 unspecified atom stereocenters. The third-order valence-electron chi connectivity index (χ3n) is 2.37. The van der Waals surface area contributed by atoms with E-state index in [-0.39, 0.29) is 23.9 Å². The van der Waals surface area contributed by atoms with Gasteiger partial charge >= 0.3 is 18.2 Å². The van der Waals surface area contributed by atoms with E-state index in [9.17, 15) is 9.59 Å². The maximum absolute atomic E-state index is 11.5. The predicted octanol–water partition coefficient (Wildman–Crippen LogP) is 1.44. The van der Waals surface area contributed by atoms with Crippen molar-refractivity contribution in [1.82, 2.24) is 9.97 Å². The van der Waals surface area contributed by atoms with Crippen molar-refractivity contribution in [2.24, 2.45) is 10.2 Å². The van der Waals surface area contributed by atoms with Crippen LogP contribution in [0.2, 0.25) is 0 Å². The molecule has 3 N–H and O–H groups in total. The van der Waals surface area contributed by atoms with Gasteiger partial charge in [0.1, 0.15) is 5.69 Å². The number of anilines is 1. The van der Waals surface area contributed by atoms with Gasteiger partial charge in [-0.1, -0.05) is 5.11 Å². The average Bonchev–Trinajstić information content (AvgIpc) is 2.67. The first-order valence-electron chi connectivity index (χ1n) is 5.73. The molecule has 21 heavy (non-hydrogen) atoms. The van der Waals surface area contributed by atoms with Crippen LogP contribution < -0.4 is 5.73 Å². The van der Waals surface area contributed by atoms with Crippen LogP contribution in [-0.4, -0.2) is 34.0 Å². The molecule has 0 saturated heterocycles. The van der Waals surface area contributed by atoms with Crippen molar-refractivity contribution in [3.05, 3.63) is 11.4 Å². The molecule has 0 radical (unpaired) electrons. The van der Waals surface area contributed by atoms with Gasteiger partial charge in [0, 0.05) is 0 Å². The number of aromatic nitrogens is 2. The van der Waals surface area contributed by atoms with E-state index < -0.39 is 18.2 Å². The monoisotopic (exact) mass is 297 g/mol. The summed E-state index contributed by atoms with van der Waals surface area (Å²) in [7, 11) is 0. The fourth-order valence-corrected chi connectivity index (χ4v) is 1.63. The van der Waals surface area contributed by atoms with Crippen LogP contribution in [0.25, 0.3) is 0 Å². The number of ether oxygens (including phenoxy) is 3. The van der Waals surface area contributed by atoms with Gasteiger partial charge in [0.15, 0.2) is 5.69 Å². The van der Waals surface area contributed by atoms with Crippen molar-refractivity contribution in [3.63, 3.8) is 0 Å². The highest BCUT2D eigenvalue weighted by molar-refractivity contribution is 5.64. The van der Waals surface area contributed by atoms with E-state index in [0.29, 0.717) is 5.69 Å². The van der Waals surface area contributed by atoms with Gasteiger partial charge in [0.05, 0.1) is 12.3 Å². The third kappa shape index (κ3) is 2.66. The van der Waals surface area contributed by atoms with Gasteiger partial charge in [-0.15, -0.1) is 5.11 Å². The maximum Gasteiger partial charge on any atom is 0.513 e. The Labute approximate surface area is 117 Å². The predicted molar refractivity (Wildman–Crippen MR) is 64.6 cm³/mol. The molecule has 112 valence electrons. The number of hydrogen-bond acceptors (Lipinski definition) is 10. The first kappa shape index (κ1) is 14.4. The fourth-order valence-electron chi connectivity index (χ4n) is 1.63. The van der Waals surface area contributed by atoms with E-state index in [0.717, 1.165) is 0 Å². The Morgan fingerprint density at radius 2 is 2.05 bits per heavy atom. The fraction of sp³-hybridized carbons (Fsp3) is 0.400. The number of nitrogens with two attached hydrogens (primary N) is 1. The summed E-state index contributed by atoms with van der Waals surface area (Å²) in [5, 5.41) is 16.0. The molecule has 0 bridgehead atoms. The van der Waals surface area contributed by atoms with Gasteiger partial charge in [-0.3, -0.25) is 0 Å². The van der Waals surface area contributed by atoms with Crippen LogP contribution in [0.1, 0.15) is 18.3 Å². The molecule has 11 heteroatoms. The van der Waals surface area contributed by atoms with E-state index in [1.807, 2.05) is 0 Å². The molecule has 1 aromatic rings. The van der Waals surface area contributed by atoms with Crippen LogP contribution in [0.5, 0.6) is 0 Å². The summed E-state index contributed by atoms with van der Waals surface area (Å²) < 4.78 is 13.9. The van der Waals surface area contributed by atoms with Gasteiger partial charge < -0.3 is 25.1 Å². The number of carbonyl (C=O) groups excluding carboxylic acids is 1. The first-order valence-corrected chi connectivity index (χ1v) is 5.73. The topological polar surface area (TPSA) is 159 Å². The largest absolute Gasteiger partial charge is 0.513 e. The summed E-state index contributed by atoms with van der Waals surface area (Å²) in [6.45, 7) is 3.11. The zero-order valence-corrected chi connectivity index (χ0v) is 11.1. The highest BCUT2D eigenvalue weighted by Gasteiger charge is 2.51. The molecule has 0 spiro atoms. The van der Waals surface area contributed by atoms with Crippen molar-refractivity contribution in [2.75, 3.05) is 12.3 Å². The van der Waals surface area contributed by atoms with Crippen LogP contribution in [0, 0.1) is 6.92 Å². The average molecular weight is 297 g/mol. The molecular weight excluding hydrogens is 286 g/mol. The number of nitrogens with zero attached hydrogens (tertiary/aromatic N) is 4. The van der Waals surface area contributed by atoms with Crippen LogP contribution in [0.15, 0.2) is 10.2 Å². The molecule has 1 atom stereocenters. The Balaban J connectivity index is 2.48. The second-order valence-electron chi connectivity index (χ2n) is 3.80. The van der Waals surface area contributed by atoms with Crippen LogP contribution in [-0.2, 0) is 20.1 Å². The molecule has 1 aliphatic heterocycles. The molecule has 0 saturated carbocycles. The van der Waals surface area contributed by atoms with E-state index in [2.05, 4.69) is 29.7 Å².